The van der Waals surface area contributed by atoms with Crippen LogP contribution in [0.15, 0.2) is 10.4 Å². The van der Waals surface area contributed by atoms with E-state index in [2.05, 4.69) is 9.71 Å². The lowest BCUT2D eigenvalue weighted by molar-refractivity contribution is -0.139. The van der Waals surface area contributed by atoms with Crippen LogP contribution in [-0.4, -0.2) is 30.5 Å². The van der Waals surface area contributed by atoms with Gasteiger partial charge >= 0.3 is 5.97 Å². The highest BCUT2D eigenvalue weighted by atomic mass is 32.2. The molecule has 2 N–H and O–H groups in total. The number of carboxylic acids is 1. The molecular formula is C9H12N2O4S2. The van der Waals surface area contributed by atoms with Crippen molar-refractivity contribution in [3.63, 3.8) is 0 Å². The molecule has 2 rings (SSSR count). The molecule has 0 aromatic carbocycles. The molecule has 1 aliphatic carbocycles. The molecule has 6 nitrogen and oxygen atoms in total. The van der Waals surface area contributed by atoms with E-state index in [9.17, 15) is 13.2 Å². The number of thiazole rings is 1. The van der Waals surface area contributed by atoms with Gasteiger partial charge in [0.25, 0.3) is 10.0 Å². The van der Waals surface area contributed by atoms with Gasteiger partial charge in [0.05, 0.1) is 11.2 Å². The quantitative estimate of drug-likeness (QED) is 0.820. The second-order valence-electron chi connectivity index (χ2n) is 3.97. The van der Waals surface area contributed by atoms with E-state index in [4.69, 9.17) is 5.11 Å². The van der Waals surface area contributed by atoms with Crippen LogP contribution >= 0.6 is 11.3 Å². The Kier molecular flexibility index (Phi) is 3.19. The number of carboxylic acid groups (broad SMARTS) is 1. The molecule has 17 heavy (non-hydrogen) atoms. The molecule has 1 aliphatic rings. The molecule has 0 saturated heterocycles. The van der Waals surface area contributed by atoms with Crippen LogP contribution in [0.5, 0.6) is 0 Å². The molecule has 1 atom stereocenters. The maximum atomic E-state index is 11.9. The van der Waals surface area contributed by atoms with Crippen LogP contribution in [0.2, 0.25) is 0 Å². The molecule has 8 heteroatoms. The summed E-state index contributed by atoms with van der Waals surface area (Å²) in [4.78, 5) is 14.8. The number of sulfonamides is 1. The minimum absolute atomic E-state index is 0.0573. The van der Waals surface area contributed by atoms with E-state index in [0.717, 1.165) is 24.2 Å². The Balaban J connectivity index is 2.18. The molecule has 0 aliphatic heterocycles. The Morgan fingerprint density at radius 2 is 2.29 bits per heavy atom. The predicted molar refractivity (Wildman–Crippen MR) is 61.3 cm³/mol. The first-order chi connectivity index (χ1) is 7.90. The number of nitrogens with one attached hydrogen (secondary N) is 1. The van der Waals surface area contributed by atoms with Gasteiger partial charge in [-0.05, 0) is 25.7 Å². The van der Waals surface area contributed by atoms with Gasteiger partial charge in [0.15, 0.2) is 4.21 Å². The van der Waals surface area contributed by atoms with E-state index >= 15 is 0 Å². The lowest BCUT2D eigenvalue weighted by Gasteiger charge is -2.12. The summed E-state index contributed by atoms with van der Waals surface area (Å²) in [5.74, 6) is -1.21. The molecule has 0 spiro atoms. The zero-order valence-electron chi connectivity index (χ0n) is 9.08. The van der Waals surface area contributed by atoms with Crippen molar-refractivity contribution in [3.8, 4) is 0 Å². The van der Waals surface area contributed by atoms with E-state index in [1.165, 1.54) is 6.20 Å². The fourth-order valence-electron chi connectivity index (χ4n) is 1.47. The molecule has 1 aromatic rings. The maximum Gasteiger partial charge on any atom is 0.322 e. The number of aliphatic carboxylic acids is 1. The number of aryl methyl sites for hydroxylation is 1. The molecule has 94 valence electrons. The summed E-state index contributed by atoms with van der Waals surface area (Å²) in [6.07, 6.45) is 2.75. The number of hydrogen-bond donors (Lipinski definition) is 2. The van der Waals surface area contributed by atoms with Crippen LogP contribution in [0.1, 0.15) is 17.8 Å². The maximum absolute atomic E-state index is 11.9. The summed E-state index contributed by atoms with van der Waals surface area (Å²) in [6, 6.07) is -1.03. The first kappa shape index (κ1) is 12.5. The smallest absolute Gasteiger partial charge is 0.322 e. The van der Waals surface area contributed by atoms with E-state index in [1.54, 1.807) is 6.92 Å². The first-order valence-electron chi connectivity index (χ1n) is 5.08. The van der Waals surface area contributed by atoms with Crippen LogP contribution in [0.25, 0.3) is 0 Å². The molecule has 0 radical (unpaired) electrons. The Hall–Kier alpha value is -0.990. The molecule has 0 bridgehead atoms. The number of carbonyl (C=O) groups is 1. The lowest BCUT2D eigenvalue weighted by Crippen LogP contribution is -2.42. The van der Waals surface area contributed by atoms with Crippen LogP contribution in [0.3, 0.4) is 0 Å². The van der Waals surface area contributed by atoms with E-state index in [1.807, 2.05) is 0 Å². The minimum atomic E-state index is -3.76. The largest absolute Gasteiger partial charge is 0.480 e. The van der Waals surface area contributed by atoms with Gasteiger partial charge in [0.1, 0.15) is 6.04 Å². The van der Waals surface area contributed by atoms with Gasteiger partial charge in [-0.25, -0.2) is 13.4 Å². The van der Waals surface area contributed by atoms with E-state index in [0.29, 0.717) is 5.01 Å². The van der Waals surface area contributed by atoms with Crippen molar-refractivity contribution in [2.24, 2.45) is 5.92 Å². The van der Waals surface area contributed by atoms with E-state index in [-0.39, 0.29) is 10.1 Å². The highest BCUT2D eigenvalue weighted by Gasteiger charge is 2.39. The monoisotopic (exact) mass is 276 g/mol. The zero-order chi connectivity index (χ0) is 12.6. The predicted octanol–water partition coefficient (Wildman–Crippen LogP) is 0.593. The van der Waals surface area contributed by atoms with Crippen LogP contribution in [0, 0.1) is 12.8 Å². The van der Waals surface area contributed by atoms with Gasteiger partial charge in [-0.2, -0.15) is 4.72 Å². The fraction of sp³-hybridized carbons (Fsp3) is 0.556. The molecule has 1 saturated carbocycles. The van der Waals surface area contributed by atoms with E-state index < -0.39 is 22.0 Å². The Bertz CT molecular complexity index is 533. The normalized spacial score (nSPS) is 17.9. The molecule has 0 amide bonds. The van der Waals surface area contributed by atoms with Crippen molar-refractivity contribution in [2.75, 3.05) is 0 Å². The van der Waals surface area contributed by atoms with Crippen molar-refractivity contribution in [3.05, 3.63) is 11.2 Å². The topological polar surface area (TPSA) is 96.4 Å². The molecule has 1 unspecified atom stereocenters. The van der Waals surface area contributed by atoms with Gasteiger partial charge in [0, 0.05) is 0 Å². The molecule has 1 heterocycles. The van der Waals surface area contributed by atoms with Crippen molar-refractivity contribution < 1.29 is 18.3 Å². The SMILES string of the molecule is Cc1ncc(S(=O)(=O)NC(C(=O)O)C2CC2)s1. The zero-order valence-corrected chi connectivity index (χ0v) is 10.7. The molecular weight excluding hydrogens is 264 g/mol. The molecule has 1 aromatic heterocycles. The van der Waals surface area contributed by atoms with Gasteiger partial charge in [-0.3, -0.25) is 4.79 Å². The Labute approximate surface area is 103 Å². The Morgan fingerprint density at radius 1 is 1.65 bits per heavy atom. The second-order valence-corrected chi connectivity index (χ2v) is 7.15. The average molecular weight is 276 g/mol. The third-order valence-electron chi connectivity index (χ3n) is 2.51. The summed E-state index contributed by atoms with van der Waals surface area (Å²) in [5.41, 5.74) is 0. The highest BCUT2D eigenvalue weighted by Crippen LogP contribution is 2.33. The van der Waals surface area contributed by atoms with Crippen LogP contribution < -0.4 is 4.72 Å². The standard InChI is InChI=1S/C9H12N2O4S2/c1-5-10-4-7(16-5)17(14,15)11-8(9(12)13)6-2-3-6/h4,6,8,11H,2-3H2,1H3,(H,12,13). The molecule has 1 fully saturated rings. The third kappa shape index (κ3) is 2.82. The average Bonchev–Trinajstić information content (AvgIpc) is 2.96. The number of nitrogens with zero attached hydrogens (tertiary/aromatic N) is 1. The van der Waals surface area contributed by atoms with Gasteiger partial charge in [0.2, 0.25) is 0 Å². The summed E-state index contributed by atoms with van der Waals surface area (Å²) < 4.78 is 26.1. The number of aromatic nitrogens is 1. The first-order valence-corrected chi connectivity index (χ1v) is 7.37. The van der Waals surface area contributed by atoms with Crippen molar-refractivity contribution in [1.82, 2.24) is 9.71 Å². The summed E-state index contributed by atoms with van der Waals surface area (Å²) >= 11 is 1.03. The van der Waals surface area contributed by atoms with Crippen molar-refractivity contribution in [1.29, 1.82) is 0 Å². The van der Waals surface area contributed by atoms with Gasteiger partial charge in [-0.1, -0.05) is 0 Å². The second kappa shape index (κ2) is 4.35. The third-order valence-corrected chi connectivity index (χ3v) is 5.32. The summed E-state index contributed by atoms with van der Waals surface area (Å²) in [7, 11) is -3.76. The highest BCUT2D eigenvalue weighted by molar-refractivity contribution is 7.91. The van der Waals surface area contributed by atoms with Gasteiger partial charge < -0.3 is 5.11 Å². The van der Waals surface area contributed by atoms with Crippen molar-refractivity contribution in [2.45, 2.75) is 30.0 Å². The van der Waals surface area contributed by atoms with Gasteiger partial charge in [-0.15, -0.1) is 11.3 Å². The van der Waals surface area contributed by atoms with Crippen molar-refractivity contribution >= 4 is 27.3 Å². The summed E-state index contributed by atoms with van der Waals surface area (Å²) in [5, 5.41) is 9.59. The Morgan fingerprint density at radius 3 is 2.71 bits per heavy atom. The number of hydrogen-bond acceptors (Lipinski definition) is 5. The number of rotatable bonds is 5. The lowest BCUT2D eigenvalue weighted by atomic mass is 10.2. The summed E-state index contributed by atoms with van der Waals surface area (Å²) in [6.45, 7) is 1.69. The van der Waals surface area contributed by atoms with Crippen LogP contribution in [0.4, 0.5) is 0 Å². The fourth-order valence-corrected chi connectivity index (χ4v) is 3.85. The minimum Gasteiger partial charge on any atom is -0.480 e. The van der Waals surface area contributed by atoms with Crippen LogP contribution in [-0.2, 0) is 14.8 Å².